The van der Waals surface area contributed by atoms with Gasteiger partial charge in [-0.3, -0.25) is 9.80 Å². The molecule has 0 aromatic carbocycles. The third kappa shape index (κ3) is 94.1. The molecule has 564 valence electrons. The summed E-state index contributed by atoms with van der Waals surface area (Å²) in [6.07, 6.45) is 106. The van der Waals surface area contributed by atoms with E-state index in [1.807, 2.05) is 0 Å². The average Bonchev–Trinajstić information content (AvgIpc) is 3.77. The van der Waals surface area contributed by atoms with Gasteiger partial charge >= 0.3 is 37.7 Å². The number of hydrogen-bond donors (Lipinski definition) is 0. The van der Waals surface area contributed by atoms with Crippen LogP contribution in [0.1, 0.15) is 516 Å². The average molecular weight is 1370 g/mol. The minimum atomic E-state index is -0.916. The smallest absolute Gasteiger partial charge is 0.549 e. The number of nitrogens with zero attached hydrogens (tertiary/aromatic N) is 2. The zero-order valence-corrected chi connectivity index (χ0v) is 68.4. The summed E-state index contributed by atoms with van der Waals surface area (Å²) in [6, 6.07) is 0. The van der Waals surface area contributed by atoms with Crippen molar-refractivity contribution in [2.75, 3.05) is 39.3 Å². The van der Waals surface area contributed by atoms with Crippen LogP contribution in [0.25, 0.3) is 0 Å². The summed E-state index contributed by atoms with van der Waals surface area (Å²) < 4.78 is 0. The second kappa shape index (κ2) is 92.1. The first kappa shape index (κ1) is 99.3. The van der Waals surface area contributed by atoms with E-state index in [1.54, 1.807) is 0 Å². The SMILES string of the molecule is CCCCCCCCCCCCCCCCCCCCCN(CCCCCCCCCCCCCCCCCCCCC)CC(=O)[O-].CCCCCCCCCCCCCCCCCCCCCN(CCCCCCCCCCCCCCCCCCCCC)CC(=O)[O-].[Ca+2]. The minimum absolute atomic E-state index is 0. The van der Waals surface area contributed by atoms with Crippen LogP contribution in [0.5, 0.6) is 0 Å². The van der Waals surface area contributed by atoms with Crippen molar-refractivity contribution in [3.05, 3.63) is 0 Å². The first-order chi connectivity index (χ1) is 46.4. The third-order valence-corrected chi connectivity index (χ3v) is 21.0. The van der Waals surface area contributed by atoms with E-state index in [4.69, 9.17) is 0 Å². The van der Waals surface area contributed by atoms with Crippen molar-refractivity contribution in [2.24, 2.45) is 0 Å². The molecule has 0 unspecified atom stereocenters. The van der Waals surface area contributed by atoms with Gasteiger partial charge in [0, 0.05) is 13.1 Å². The van der Waals surface area contributed by atoms with Crippen LogP contribution in [-0.2, 0) is 9.59 Å². The molecule has 0 saturated carbocycles. The fourth-order valence-corrected chi connectivity index (χ4v) is 14.6. The molecule has 7 heteroatoms. The Bertz CT molecular complexity index is 1180. The molecule has 0 aliphatic heterocycles. The Balaban J connectivity index is -0.00000176. The van der Waals surface area contributed by atoms with Gasteiger partial charge in [-0.15, -0.1) is 0 Å². The molecule has 0 aliphatic carbocycles. The van der Waals surface area contributed by atoms with Gasteiger partial charge in [0.1, 0.15) is 0 Å². The number of carboxylic acid groups (broad SMARTS) is 2. The van der Waals surface area contributed by atoms with E-state index in [1.165, 1.54) is 462 Å². The van der Waals surface area contributed by atoms with Crippen molar-refractivity contribution in [3.8, 4) is 0 Å². The van der Waals surface area contributed by atoms with Crippen LogP contribution in [0.3, 0.4) is 0 Å². The first-order valence-corrected chi connectivity index (χ1v) is 44.2. The molecule has 0 radical (unpaired) electrons. The molecule has 0 rings (SSSR count). The zero-order chi connectivity index (χ0) is 68.3. The Hall–Kier alpha value is 0.120. The predicted octanol–water partition coefficient (Wildman–Crippen LogP) is 27.4. The molecule has 0 aromatic heterocycles. The number of hydrogen-bond acceptors (Lipinski definition) is 6. The molecule has 0 heterocycles. The number of carbonyl (C=O) groups is 2. The fraction of sp³-hybridized carbons (Fsp3) is 0.977. The van der Waals surface area contributed by atoms with Crippen LogP contribution >= 0.6 is 0 Å². The number of carboxylic acids is 2. The van der Waals surface area contributed by atoms with Gasteiger partial charge < -0.3 is 19.8 Å². The summed E-state index contributed by atoms with van der Waals surface area (Å²) >= 11 is 0. The normalized spacial score (nSPS) is 11.5. The van der Waals surface area contributed by atoms with Crippen molar-refractivity contribution < 1.29 is 19.8 Å². The molecule has 0 aromatic rings. The molecule has 95 heavy (non-hydrogen) atoms. The van der Waals surface area contributed by atoms with Crippen molar-refractivity contribution in [3.63, 3.8) is 0 Å². The summed E-state index contributed by atoms with van der Waals surface area (Å²) in [5, 5.41) is 22.5. The summed E-state index contributed by atoms with van der Waals surface area (Å²) in [5.74, 6) is -1.83. The molecule has 0 aliphatic rings. The Labute approximate surface area is 629 Å². The second-order valence-corrected chi connectivity index (χ2v) is 30.8. The predicted molar refractivity (Wildman–Crippen MR) is 422 cm³/mol. The van der Waals surface area contributed by atoms with Crippen LogP contribution in [-0.4, -0.2) is 98.7 Å². The monoisotopic (exact) mass is 1370 g/mol. The number of aliphatic carboxylic acids is 2. The minimum Gasteiger partial charge on any atom is -0.549 e. The molecule has 0 atom stereocenters. The van der Waals surface area contributed by atoms with Crippen LogP contribution in [0.4, 0.5) is 0 Å². The van der Waals surface area contributed by atoms with Crippen LogP contribution < -0.4 is 10.2 Å². The quantitative estimate of drug-likeness (QED) is 0.0445. The van der Waals surface area contributed by atoms with Gasteiger partial charge in [-0.2, -0.15) is 0 Å². The molecule has 0 amide bonds. The maximum Gasteiger partial charge on any atom is 2.00 e. The largest absolute Gasteiger partial charge is 2.00 e. The van der Waals surface area contributed by atoms with Crippen LogP contribution in [0.15, 0.2) is 0 Å². The molecule has 0 fully saturated rings. The van der Waals surface area contributed by atoms with Crippen molar-refractivity contribution in [2.45, 2.75) is 516 Å². The van der Waals surface area contributed by atoms with E-state index >= 15 is 0 Å². The van der Waals surface area contributed by atoms with Crippen molar-refractivity contribution >= 4 is 49.7 Å². The van der Waals surface area contributed by atoms with E-state index in [9.17, 15) is 19.8 Å². The molecule has 0 spiro atoms. The maximum absolute atomic E-state index is 11.3. The number of unbranched alkanes of at least 4 members (excludes halogenated alkanes) is 72. The van der Waals surface area contributed by atoms with E-state index in [0.717, 1.165) is 51.9 Å². The topological polar surface area (TPSA) is 86.7 Å². The molecule has 0 N–H and O–H groups in total. The van der Waals surface area contributed by atoms with Gasteiger partial charge in [0.15, 0.2) is 0 Å². The molecular formula is C88H176CaN2O4. The number of carbonyl (C=O) groups excluding carboxylic acids is 2. The third-order valence-electron chi connectivity index (χ3n) is 21.0. The number of rotatable bonds is 84. The zero-order valence-electron chi connectivity index (χ0n) is 66.2. The van der Waals surface area contributed by atoms with E-state index in [-0.39, 0.29) is 50.8 Å². The van der Waals surface area contributed by atoms with Crippen molar-refractivity contribution in [1.29, 1.82) is 0 Å². The van der Waals surface area contributed by atoms with Crippen LogP contribution in [0, 0.1) is 0 Å². The Morgan fingerprint density at radius 3 is 0.337 bits per heavy atom. The first-order valence-electron chi connectivity index (χ1n) is 44.2. The Kier molecular flexibility index (Phi) is 96.3. The van der Waals surface area contributed by atoms with Gasteiger partial charge in [-0.05, 0) is 51.9 Å². The fourth-order valence-electron chi connectivity index (χ4n) is 14.6. The van der Waals surface area contributed by atoms with E-state index < -0.39 is 11.9 Å². The van der Waals surface area contributed by atoms with Gasteiger partial charge in [0.05, 0.1) is 11.9 Å². The Morgan fingerprint density at radius 2 is 0.253 bits per heavy atom. The molecule has 6 nitrogen and oxygen atoms in total. The molecule has 0 bridgehead atoms. The molecule has 0 saturated heterocycles. The summed E-state index contributed by atoms with van der Waals surface area (Å²) in [7, 11) is 0. The standard InChI is InChI=1S/2C44H89NO2.Ca/c2*1-3-5-7-9-11-13-15-17-19-21-23-25-27-29-31-33-35-37-39-41-45(43-44(46)47)42-40-38-36-34-32-30-28-26-24-22-20-18-16-14-12-10-8-6-4-2;/h2*3-43H2,1-2H3,(H,46,47);/q;;+2/p-2. The van der Waals surface area contributed by atoms with Crippen LogP contribution in [0.2, 0.25) is 0 Å². The van der Waals surface area contributed by atoms with E-state index in [2.05, 4.69) is 37.5 Å². The van der Waals surface area contributed by atoms with Gasteiger partial charge in [0.2, 0.25) is 0 Å². The van der Waals surface area contributed by atoms with E-state index in [0.29, 0.717) is 0 Å². The Morgan fingerprint density at radius 1 is 0.168 bits per heavy atom. The summed E-state index contributed by atoms with van der Waals surface area (Å²) in [4.78, 5) is 26.8. The van der Waals surface area contributed by atoms with Crippen molar-refractivity contribution in [1.82, 2.24) is 9.80 Å². The van der Waals surface area contributed by atoms with Gasteiger partial charge in [-0.25, -0.2) is 0 Å². The van der Waals surface area contributed by atoms with Gasteiger partial charge in [0.25, 0.3) is 0 Å². The second-order valence-electron chi connectivity index (χ2n) is 30.8. The summed E-state index contributed by atoms with van der Waals surface area (Å²) in [5.41, 5.74) is 0. The van der Waals surface area contributed by atoms with Gasteiger partial charge in [-0.1, -0.05) is 490 Å². The molecular weight excluding hydrogens is 1190 g/mol. The summed E-state index contributed by atoms with van der Waals surface area (Å²) in [6.45, 7) is 13.1. The maximum atomic E-state index is 11.3.